The molecule has 11 heavy (non-hydrogen) atoms. The highest BCUT2D eigenvalue weighted by Gasteiger charge is 2.11. The Morgan fingerprint density at radius 2 is 2.45 bits per heavy atom. The van der Waals surface area contributed by atoms with Crippen LogP contribution in [-0.2, 0) is 17.8 Å². The third-order valence-electron chi connectivity index (χ3n) is 1.92. The predicted octanol–water partition coefficient (Wildman–Crippen LogP) is 0.448. The molecule has 0 unspecified atom stereocenters. The summed E-state index contributed by atoms with van der Waals surface area (Å²) in [5, 5.41) is 0. The van der Waals surface area contributed by atoms with Gasteiger partial charge in [0.2, 0.25) is 0 Å². The Balaban J connectivity index is 2.58. The first-order valence-electron chi connectivity index (χ1n) is 3.65. The van der Waals surface area contributed by atoms with Crippen molar-refractivity contribution in [3.63, 3.8) is 0 Å². The standard InChI is InChI=1S/C8H9NO2/c10-8-7-5-11-4-2-6(7)1-3-9-8/h1,3H,2,4-5H2,(H,9,10). The van der Waals surface area contributed by atoms with E-state index in [1.807, 2.05) is 6.07 Å². The molecular weight excluding hydrogens is 142 g/mol. The van der Waals surface area contributed by atoms with E-state index >= 15 is 0 Å². The van der Waals surface area contributed by atoms with Gasteiger partial charge >= 0.3 is 0 Å². The van der Waals surface area contributed by atoms with Gasteiger partial charge in [0.1, 0.15) is 0 Å². The van der Waals surface area contributed by atoms with E-state index < -0.39 is 0 Å². The molecule has 0 atom stereocenters. The highest BCUT2D eigenvalue weighted by molar-refractivity contribution is 5.24. The molecule has 0 bridgehead atoms. The Kier molecular flexibility index (Phi) is 1.51. The maximum absolute atomic E-state index is 11.1. The highest BCUT2D eigenvalue weighted by atomic mass is 16.5. The molecule has 2 heterocycles. The van der Waals surface area contributed by atoms with E-state index in [0.717, 1.165) is 24.2 Å². The number of H-pyrrole nitrogens is 1. The zero-order valence-electron chi connectivity index (χ0n) is 6.09. The minimum absolute atomic E-state index is 0.0119. The van der Waals surface area contributed by atoms with Crippen molar-refractivity contribution in [3.8, 4) is 0 Å². The summed E-state index contributed by atoms with van der Waals surface area (Å²) in [6.07, 6.45) is 2.55. The molecule has 1 aromatic heterocycles. The molecule has 0 fully saturated rings. The Labute approximate surface area is 64.0 Å². The summed E-state index contributed by atoms with van der Waals surface area (Å²) in [7, 11) is 0. The molecule has 0 amide bonds. The second-order valence-electron chi connectivity index (χ2n) is 2.61. The molecule has 1 aliphatic heterocycles. The van der Waals surface area contributed by atoms with Crippen molar-refractivity contribution in [3.05, 3.63) is 33.7 Å². The molecule has 3 nitrogen and oxygen atoms in total. The largest absolute Gasteiger partial charge is 0.376 e. The summed E-state index contributed by atoms with van der Waals surface area (Å²) < 4.78 is 5.16. The van der Waals surface area contributed by atoms with Crippen molar-refractivity contribution >= 4 is 0 Å². The molecule has 0 spiro atoms. The predicted molar refractivity (Wildman–Crippen MR) is 40.4 cm³/mol. The lowest BCUT2D eigenvalue weighted by molar-refractivity contribution is 0.109. The number of pyridine rings is 1. The number of nitrogens with one attached hydrogen (secondary N) is 1. The molecule has 1 aliphatic rings. The van der Waals surface area contributed by atoms with E-state index in [2.05, 4.69) is 4.98 Å². The van der Waals surface area contributed by atoms with Crippen LogP contribution in [0.4, 0.5) is 0 Å². The molecule has 0 saturated carbocycles. The number of hydrogen-bond donors (Lipinski definition) is 1. The van der Waals surface area contributed by atoms with Crippen molar-refractivity contribution in [1.29, 1.82) is 0 Å². The fourth-order valence-electron chi connectivity index (χ4n) is 1.30. The van der Waals surface area contributed by atoms with Gasteiger partial charge in [-0.3, -0.25) is 4.79 Å². The lowest BCUT2D eigenvalue weighted by Crippen LogP contribution is -2.21. The average molecular weight is 151 g/mol. The molecule has 0 aromatic carbocycles. The van der Waals surface area contributed by atoms with Crippen LogP contribution in [0.15, 0.2) is 17.1 Å². The molecule has 2 rings (SSSR count). The van der Waals surface area contributed by atoms with E-state index in [1.54, 1.807) is 6.20 Å². The molecule has 0 aliphatic carbocycles. The molecular formula is C8H9NO2. The smallest absolute Gasteiger partial charge is 0.253 e. The molecule has 0 radical (unpaired) electrons. The van der Waals surface area contributed by atoms with Crippen LogP contribution >= 0.6 is 0 Å². The summed E-state index contributed by atoms with van der Waals surface area (Å²) in [4.78, 5) is 13.8. The fourth-order valence-corrected chi connectivity index (χ4v) is 1.30. The zero-order chi connectivity index (χ0) is 7.68. The summed E-state index contributed by atoms with van der Waals surface area (Å²) in [6.45, 7) is 1.20. The SMILES string of the molecule is O=c1[nH]ccc2c1COCC2. The summed E-state index contributed by atoms with van der Waals surface area (Å²) in [5.41, 5.74) is 1.90. The highest BCUT2D eigenvalue weighted by Crippen LogP contribution is 2.10. The first-order valence-corrected chi connectivity index (χ1v) is 3.65. The van der Waals surface area contributed by atoms with Crippen molar-refractivity contribution in [2.24, 2.45) is 0 Å². The average Bonchev–Trinajstić information content (AvgIpc) is 2.06. The summed E-state index contributed by atoms with van der Waals surface area (Å²) in [5.74, 6) is 0. The fraction of sp³-hybridized carbons (Fsp3) is 0.375. The van der Waals surface area contributed by atoms with Gasteiger partial charge in [0.05, 0.1) is 13.2 Å². The van der Waals surface area contributed by atoms with Gasteiger partial charge in [-0.1, -0.05) is 0 Å². The van der Waals surface area contributed by atoms with Gasteiger partial charge in [0, 0.05) is 11.8 Å². The van der Waals surface area contributed by atoms with Gasteiger partial charge in [0.15, 0.2) is 0 Å². The maximum Gasteiger partial charge on any atom is 0.253 e. The molecule has 1 aromatic rings. The number of aromatic nitrogens is 1. The minimum Gasteiger partial charge on any atom is -0.376 e. The van der Waals surface area contributed by atoms with Crippen LogP contribution in [0.1, 0.15) is 11.1 Å². The Bertz CT molecular complexity index is 316. The van der Waals surface area contributed by atoms with Crippen molar-refractivity contribution in [2.75, 3.05) is 6.61 Å². The Morgan fingerprint density at radius 1 is 1.55 bits per heavy atom. The van der Waals surface area contributed by atoms with Crippen LogP contribution in [0.2, 0.25) is 0 Å². The van der Waals surface area contributed by atoms with Crippen molar-refractivity contribution < 1.29 is 4.74 Å². The van der Waals surface area contributed by atoms with Gasteiger partial charge in [-0.2, -0.15) is 0 Å². The van der Waals surface area contributed by atoms with Crippen molar-refractivity contribution in [1.82, 2.24) is 4.98 Å². The van der Waals surface area contributed by atoms with E-state index in [9.17, 15) is 4.79 Å². The van der Waals surface area contributed by atoms with Crippen molar-refractivity contribution in [2.45, 2.75) is 13.0 Å². The lowest BCUT2D eigenvalue weighted by Gasteiger charge is -2.13. The number of rotatable bonds is 0. The number of hydrogen-bond acceptors (Lipinski definition) is 2. The van der Waals surface area contributed by atoms with E-state index in [4.69, 9.17) is 4.74 Å². The van der Waals surface area contributed by atoms with Crippen LogP contribution in [0.5, 0.6) is 0 Å². The molecule has 0 saturated heterocycles. The molecule has 1 N–H and O–H groups in total. The lowest BCUT2D eigenvalue weighted by atomic mass is 10.1. The Morgan fingerprint density at radius 3 is 3.27 bits per heavy atom. The Hall–Kier alpha value is -1.09. The normalized spacial score (nSPS) is 16.0. The second kappa shape index (κ2) is 2.51. The maximum atomic E-state index is 11.1. The number of aromatic amines is 1. The van der Waals surface area contributed by atoms with Gasteiger partial charge in [-0.05, 0) is 18.1 Å². The van der Waals surface area contributed by atoms with Gasteiger partial charge < -0.3 is 9.72 Å². The van der Waals surface area contributed by atoms with E-state index in [0.29, 0.717) is 6.61 Å². The summed E-state index contributed by atoms with van der Waals surface area (Å²) in [6, 6.07) is 1.94. The number of ether oxygens (including phenoxy) is 1. The minimum atomic E-state index is -0.0119. The van der Waals surface area contributed by atoms with Gasteiger partial charge in [-0.25, -0.2) is 0 Å². The first-order chi connectivity index (χ1) is 5.38. The van der Waals surface area contributed by atoms with E-state index in [-0.39, 0.29) is 5.56 Å². The van der Waals surface area contributed by atoms with E-state index in [1.165, 1.54) is 0 Å². The third-order valence-corrected chi connectivity index (χ3v) is 1.92. The van der Waals surface area contributed by atoms with Crippen LogP contribution < -0.4 is 5.56 Å². The van der Waals surface area contributed by atoms with Gasteiger partial charge in [-0.15, -0.1) is 0 Å². The number of fused-ring (bicyclic) bond motifs is 1. The topological polar surface area (TPSA) is 42.1 Å². The van der Waals surface area contributed by atoms with Crippen LogP contribution in [0, 0.1) is 0 Å². The van der Waals surface area contributed by atoms with Crippen LogP contribution in [-0.4, -0.2) is 11.6 Å². The first kappa shape index (κ1) is 6.61. The third kappa shape index (κ3) is 1.07. The molecule has 3 heteroatoms. The molecule has 58 valence electrons. The van der Waals surface area contributed by atoms with Gasteiger partial charge in [0.25, 0.3) is 5.56 Å². The summed E-state index contributed by atoms with van der Waals surface area (Å²) >= 11 is 0. The van der Waals surface area contributed by atoms with Crippen LogP contribution in [0.3, 0.4) is 0 Å². The second-order valence-corrected chi connectivity index (χ2v) is 2.61. The zero-order valence-corrected chi connectivity index (χ0v) is 6.09. The monoisotopic (exact) mass is 151 g/mol. The van der Waals surface area contributed by atoms with Crippen LogP contribution in [0.25, 0.3) is 0 Å². The quantitative estimate of drug-likeness (QED) is 0.584.